The van der Waals surface area contributed by atoms with Gasteiger partial charge in [0.25, 0.3) is 0 Å². The summed E-state index contributed by atoms with van der Waals surface area (Å²) in [5.41, 5.74) is 0. The number of hydrogen-bond acceptors (Lipinski definition) is 5. The molecule has 0 aliphatic heterocycles. The van der Waals surface area contributed by atoms with Crippen molar-refractivity contribution in [2.75, 3.05) is 34.1 Å². The van der Waals surface area contributed by atoms with Gasteiger partial charge in [-0.05, 0) is 6.92 Å². The van der Waals surface area contributed by atoms with Gasteiger partial charge in [-0.2, -0.15) is 0 Å². The van der Waals surface area contributed by atoms with Crippen molar-refractivity contribution >= 4 is 15.2 Å². The summed E-state index contributed by atoms with van der Waals surface area (Å²) in [5.74, 6) is 0. The lowest BCUT2D eigenvalue weighted by atomic mass is 10.9. The molecule has 0 amide bonds. The minimum absolute atomic E-state index is 0.372. The van der Waals surface area contributed by atoms with Crippen molar-refractivity contribution in [3.8, 4) is 0 Å². The van der Waals surface area contributed by atoms with Gasteiger partial charge in [-0.3, -0.25) is 4.99 Å². The van der Waals surface area contributed by atoms with Crippen LogP contribution in [0.5, 0.6) is 0 Å². The molecule has 0 unspecified atom stereocenters. The van der Waals surface area contributed by atoms with Crippen molar-refractivity contribution < 1.29 is 18.0 Å². The fourth-order valence-electron chi connectivity index (χ4n) is 0.720. The van der Waals surface area contributed by atoms with Gasteiger partial charge >= 0.3 is 8.80 Å². The van der Waals surface area contributed by atoms with Gasteiger partial charge in [0, 0.05) is 21.3 Å². The van der Waals surface area contributed by atoms with E-state index in [0.717, 1.165) is 0 Å². The van der Waals surface area contributed by atoms with E-state index in [4.69, 9.17) is 18.0 Å². The molecule has 0 saturated carbocycles. The average molecular weight is 207 g/mol. The predicted molar refractivity (Wildman–Crippen MR) is 51.8 cm³/mol. The van der Waals surface area contributed by atoms with Crippen LogP contribution in [0.3, 0.4) is 0 Å². The van der Waals surface area contributed by atoms with E-state index in [2.05, 4.69) is 4.99 Å². The molecule has 78 valence electrons. The maximum Gasteiger partial charge on any atom is 0.522 e. The van der Waals surface area contributed by atoms with E-state index in [1.165, 1.54) is 6.40 Å². The van der Waals surface area contributed by atoms with Gasteiger partial charge in [0.1, 0.15) is 6.17 Å². The van der Waals surface area contributed by atoms with Crippen LogP contribution >= 0.6 is 0 Å². The second kappa shape index (κ2) is 7.02. The average Bonchev–Trinajstić information content (AvgIpc) is 2.20. The highest BCUT2D eigenvalue weighted by molar-refractivity contribution is 6.60. The van der Waals surface area contributed by atoms with Crippen LogP contribution in [0.1, 0.15) is 6.92 Å². The third-order valence-corrected chi connectivity index (χ3v) is 3.97. The van der Waals surface area contributed by atoms with E-state index in [1.54, 1.807) is 21.3 Å². The Morgan fingerprint density at radius 1 is 1.15 bits per heavy atom. The number of rotatable bonds is 7. The van der Waals surface area contributed by atoms with Gasteiger partial charge in [-0.15, -0.1) is 0 Å². The molecule has 0 N–H and O–H groups in total. The molecule has 6 heteroatoms. The molecule has 0 aliphatic carbocycles. The quantitative estimate of drug-likeness (QED) is 0.346. The smallest absolute Gasteiger partial charge is 0.484 e. The van der Waals surface area contributed by atoms with Crippen LogP contribution in [-0.2, 0) is 18.0 Å². The first-order valence-electron chi connectivity index (χ1n) is 4.00. The van der Waals surface area contributed by atoms with Crippen molar-refractivity contribution in [3.63, 3.8) is 0 Å². The Kier molecular flexibility index (Phi) is 6.78. The Balaban J connectivity index is 3.94. The first kappa shape index (κ1) is 12.6. The molecule has 0 heterocycles. The van der Waals surface area contributed by atoms with Crippen LogP contribution in [0.25, 0.3) is 0 Å². The summed E-state index contributed by atoms with van der Waals surface area (Å²) in [6.45, 7) is 2.49. The Bertz CT molecular complexity index is 141. The SMILES string of the molecule is CCO/C=N/C[Si](OC)(OC)OC. The largest absolute Gasteiger partial charge is 0.522 e. The van der Waals surface area contributed by atoms with Gasteiger partial charge in [0.15, 0.2) is 6.40 Å². The third-order valence-electron chi connectivity index (χ3n) is 1.53. The van der Waals surface area contributed by atoms with E-state index in [-0.39, 0.29) is 0 Å². The van der Waals surface area contributed by atoms with Crippen LogP contribution in [0.2, 0.25) is 0 Å². The highest BCUT2D eigenvalue weighted by Gasteiger charge is 2.37. The fourth-order valence-corrected chi connectivity index (χ4v) is 1.91. The first-order chi connectivity index (χ1) is 6.24. The van der Waals surface area contributed by atoms with Crippen LogP contribution in [0.4, 0.5) is 0 Å². The van der Waals surface area contributed by atoms with Gasteiger partial charge in [-0.1, -0.05) is 0 Å². The van der Waals surface area contributed by atoms with Crippen molar-refractivity contribution in [1.82, 2.24) is 0 Å². The summed E-state index contributed by atoms with van der Waals surface area (Å²) in [7, 11) is 2.11. The second-order valence-electron chi connectivity index (χ2n) is 2.20. The Morgan fingerprint density at radius 3 is 2.08 bits per heavy atom. The molecule has 0 radical (unpaired) electrons. The lowest BCUT2D eigenvalue weighted by Crippen LogP contribution is -2.46. The highest BCUT2D eigenvalue weighted by atomic mass is 28.4. The second-order valence-corrected chi connectivity index (χ2v) is 5.10. The predicted octanol–water partition coefficient (Wildman–Crippen LogP) is 0.468. The van der Waals surface area contributed by atoms with Crippen molar-refractivity contribution in [2.45, 2.75) is 6.92 Å². The number of aliphatic imine (C=N–C) groups is 1. The van der Waals surface area contributed by atoms with E-state index in [1.807, 2.05) is 6.92 Å². The Hall–Kier alpha value is -0.433. The van der Waals surface area contributed by atoms with Gasteiger partial charge < -0.3 is 18.0 Å². The third kappa shape index (κ3) is 4.37. The molecule has 0 atom stereocenters. The molecular formula is C7H17NO4Si. The van der Waals surface area contributed by atoms with E-state index in [9.17, 15) is 0 Å². The lowest BCUT2D eigenvalue weighted by molar-refractivity contribution is 0.125. The zero-order valence-corrected chi connectivity index (χ0v) is 9.57. The molecule has 0 aromatic carbocycles. The summed E-state index contributed by atoms with van der Waals surface area (Å²) in [4.78, 5) is 3.99. The van der Waals surface area contributed by atoms with Gasteiger partial charge in [0.05, 0.1) is 6.61 Å². The van der Waals surface area contributed by atoms with Crippen molar-refractivity contribution in [3.05, 3.63) is 0 Å². The summed E-state index contributed by atoms with van der Waals surface area (Å²) in [5, 5.41) is 0. The Morgan fingerprint density at radius 2 is 1.69 bits per heavy atom. The van der Waals surface area contributed by atoms with Gasteiger partial charge in [-0.25, -0.2) is 0 Å². The number of hydrogen-bond donors (Lipinski definition) is 0. The standard InChI is InChI=1S/C7H17NO4Si/c1-5-12-6-8-7-13(9-2,10-3)11-4/h6H,5,7H2,1-4H3/b8-6+. The maximum atomic E-state index is 5.14. The Labute approximate surface area is 80.0 Å². The summed E-state index contributed by atoms with van der Waals surface area (Å²) in [6.07, 6.45) is 1.76. The van der Waals surface area contributed by atoms with Crippen LogP contribution in [0.15, 0.2) is 4.99 Å². The zero-order chi connectivity index (χ0) is 10.2. The van der Waals surface area contributed by atoms with Crippen LogP contribution < -0.4 is 0 Å². The topological polar surface area (TPSA) is 49.3 Å². The van der Waals surface area contributed by atoms with E-state index >= 15 is 0 Å². The van der Waals surface area contributed by atoms with Crippen molar-refractivity contribution in [1.29, 1.82) is 0 Å². The number of ether oxygens (including phenoxy) is 1. The molecule has 0 fully saturated rings. The van der Waals surface area contributed by atoms with E-state index < -0.39 is 8.80 Å². The van der Waals surface area contributed by atoms with E-state index in [0.29, 0.717) is 12.8 Å². The summed E-state index contributed by atoms with van der Waals surface area (Å²) >= 11 is 0. The first-order valence-corrected chi connectivity index (χ1v) is 5.93. The normalized spacial score (nSPS) is 12.3. The fraction of sp³-hybridized carbons (Fsp3) is 0.857. The molecule has 0 aromatic rings. The molecule has 0 spiro atoms. The van der Waals surface area contributed by atoms with Crippen LogP contribution in [-0.4, -0.2) is 49.3 Å². The minimum Gasteiger partial charge on any atom is -0.484 e. The molecule has 0 bridgehead atoms. The molecule has 0 rings (SSSR count). The number of nitrogens with zero attached hydrogens (tertiary/aromatic N) is 1. The molecule has 5 nitrogen and oxygen atoms in total. The summed E-state index contributed by atoms with van der Waals surface area (Å²) in [6, 6.07) is 0. The van der Waals surface area contributed by atoms with Gasteiger partial charge in [0.2, 0.25) is 0 Å². The minimum atomic E-state index is -2.55. The monoisotopic (exact) mass is 207 g/mol. The molecule has 13 heavy (non-hydrogen) atoms. The van der Waals surface area contributed by atoms with Crippen molar-refractivity contribution in [2.24, 2.45) is 4.99 Å². The molecular weight excluding hydrogens is 190 g/mol. The molecule has 0 saturated heterocycles. The lowest BCUT2D eigenvalue weighted by Gasteiger charge is -2.21. The molecule has 0 aromatic heterocycles. The highest BCUT2D eigenvalue weighted by Crippen LogP contribution is 2.05. The molecule has 0 aliphatic rings. The maximum absolute atomic E-state index is 5.14. The van der Waals surface area contributed by atoms with Crippen LogP contribution in [0, 0.1) is 0 Å². The zero-order valence-electron chi connectivity index (χ0n) is 8.57. The summed E-state index contributed by atoms with van der Waals surface area (Å²) < 4.78 is 20.4.